The van der Waals surface area contributed by atoms with Crippen LogP contribution in [0.25, 0.3) is 0 Å². The fourth-order valence-electron chi connectivity index (χ4n) is 1.07. The Balaban J connectivity index is 3.61. The van der Waals surface area contributed by atoms with Gasteiger partial charge in [-0.2, -0.15) is 5.26 Å². The predicted molar refractivity (Wildman–Crippen MR) is 64.1 cm³/mol. The van der Waals surface area contributed by atoms with Crippen molar-refractivity contribution in [1.82, 2.24) is 0 Å². The van der Waals surface area contributed by atoms with Crippen LogP contribution in [0.2, 0.25) is 0 Å². The monoisotopic (exact) mass is 325 g/mol. The quantitative estimate of drug-likeness (QED) is 0.516. The van der Waals surface area contributed by atoms with Gasteiger partial charge in [-0.1, -0.05) is 15.9 Å². The second-order valence-corrected chi connectivity index (χ2v) is 6.16. The lowest BCUT2D eigenvalue weighted by atomic mass is 10.1. The van der Waals surface area contributed by atoms with Crippen LogP contribution >= 0.6 is 39.2 Å². The van der Waals surface area contributed by atoms with Gasteiger partial charge in [0.2, 0.25) is 0 Å². The highest BCUT2D eigenvalue weighted by Gasteiger charge is 2.18. The van der Waals surface area contributed by atoms with Crippen molar-refractivity contribution in [3.8, 4) is 6.07 Å². The zero-order chi connectivity index (χ0) is 11.6. The van der Waals surface area contributed by atoms with E-state index in [1.165, 1.54) is 12.1 Å². The molecule has 3 nitrogen and oxygen atoms in total. The zero-order valence-electron chi connectivity index (χ0n) is 7.24. The molecular formula is C8H5BrClNO2S2. The molecule has 1 aromatic carbocycles. The van der Waals surface area contributed by atoms with E-state index < -0.39 is 9.05 Å². The largest absolute Gasteiger partial charge is 0.261 e. The van der Waals surface area contributed by atoms with E-state index >= 15 is 0 Å². The van der Waals surface area contributed by atoms with Gasteiger partial charge in [-0.25, -0.2) is 8.42 Å². The molecule has 0 aliphatic carbocycles. The first-order valence-electron chi connectivity index (χ1n) is 3.67. The Hall–Kier alpha value is -0.220. The topological polar surface area (TPSA) is 57.9 Å². The van der Waals surface area contributed by atoms with E-state index in [2.05, 4.69) is 28.6 Å². The average Bonchev–Trinajstić information content (AvgIpc) is 2.15. The Morgan fingerprint density at radius 1 is 1.53 bits per heavy atom. The van der Waals surface area contributed by atoms with E-state index in [0.717, 1.165) is 0 Å². The second kappa shape index (κ2) is 4.74. The molecule has 1 rings (SSSR count). The van der Waals surface area contributed by atoms with Crippen molar-refractivity contribution in [2.24, 2.45) is 0 Å². The molecule has 0 aromatic heterocycles. The van der Waals surface area contributed by atoms with Gasteiger partial charge in [-0.15, -0.1) is 12.6 Å². The molecule has 0 fully saturated rings. The van der Waals surface area contributed by atoms with Crippen LogP contribution in [0.3, 0.4) is 0 Å². The smallest absolute Gasteiger partial charge is 0.207 e. The first-order chi connectivity index (χ1) is 6.91. The maximum Gasteiger partial charge on any atom is 0.261 e. The number of rotatable bonds is 2. The first-order valence-corrected chi connectivity index (χ1v) is 7.55. The predicted octanol–water partition coefficient (Wildman–Crippen LogP) is 2.67. The number of nitriles is 1. The highest BCUT2D eigenvalue weighted by Crippen LogP contribution is 2.29. The summed E-state index contributed by atoms with van der Waals surface area (Å²) < 4.78 is 22.4. The number of benzene rings is 1. The maximum atomic E-state index is 11.2. The molecule has 7 heteroatoms. The maximum absolute atomic E-state index is 11.2. The summed E-state index contributed by atoms with van der Waals surface area (Å²) in [5, 5.41) is 9.00. The Bertz CT molecular complexity index is 536. The Morgan fingerprint density at radius 2 is 2.13 bits per heavy atom. The summed E-state index contributed by atoms with van der Waals surface area (Å²) in [6.45, 7) is 0. The molecule has 0 radical (unpaired) electrons. The van der Waals surface area contributed by atoms with Crippen LogP contribution in [0.15, 0.2) is 21.9 Å². The minimum Gasteiger partial charge on any atom is -0.207 e. The lowest BCUT2D eigenvalue weighted by molar-refractivity contribution is 0.608. The third-order valence-corrected chi connectivity index (χ3v) is 4.23. The Labute approximate surface area is 106 Å². The van der Waals surface area contributed by atoms with Gasteiger partial charge in [-0.05, 0) is 17.7 Å². The standard InChI is InChI=1S/C8H5BrClNO2S2/c9-3-6-7(15(10,12)13)2-1-5(4-11)8(6)14/h1-2,14H,3H2. The lowest BCUT2D eigenvalue weighted by Crippen LogP contribution is -1.99. The Morgan fingerprint density at radius 3 is 2.53 bits per heavy atom. The molecule has 0 saturated heterocycles. The van der Waals surface area contributed by atoms with Gasteiger partial charge in [0, 0.05) is 20.9 Å². The number of nitrogens with zero attached hydrogens (tertiary/aromatic N) is 1. The fraction of sp³-hybridized carbons (Fsp3) is 0.125. The van der Waals surface area contributed by atoms with E-state index in [0.29, 0.717) is 16.0 Å². The van der Waals surface area contributed by atoms with Gasteiger partial charge >= 0.3 is 0 Å². The van der Waals surface area contributed by atoms with Crippen molar-refractivity contribution in [2.75, 3.05) is 0 Å². The van der Waals surface area contributed by atoms with Crippen molar-refractivity contribution < 1.29 is 8.42 Å². The molecule has 0 aliphatic heterocycles. The van der Waals surface area contributed by atoms with Crippen molar-refractivity contribution in [3.63, 3.8) is 0 Å². The van der Waals surface area contributed by atoms with E-state index in [1.54, 1.807) is 0 Å². The average molecular weight is 327 g/mol. The van der Waals surface area contributed by atoms with Gasteiger partial charge in [0.05, 0.1) is 10.5 Å². The van der Waals surface area contributed by atoms with Crippen molar-refractivity contribution >= 4 is 48.3 Å². The third-order valence-electron chi connectivity index (χ3n) is 1.76. The van der Waals surface area contributed by atoms with Crippen LogP contribution in [0.5, 0.6) is 0 Å². The van der Waals surface area contributed by atoms with Gasteiger partial charge in [0.15, 0.2) is 0 Å². The van der Waals surface area contributed by atoms with Crippen molar-refractivity contribution in [3.05, 3.63) is 23.3 Å². The molecule has 0 amide bonds. The van der Waals surface area contributed by atoms with Crippen LogP contribution in [-0.4, -0.2) is 8.42 Å². The van der Waals surface area contributed by atoms with Gasteiger partial charge in [-0.3, -0.25) is 0 Å². The number of halogens is 2. The van der Waals surface area contributed by atoms with Gasteiger partial charge in [0.1, 0.15) is 6.07 Å². The summed E-state index contributed by atoms with van der Waals surface area (Å²) in [5.41, 5.74) is 0.712. The highest BCUT2D eigenvalue weighted by molar-refractivity contribution is 9.08. The van der Waals surface area contributed by atoms with E-state index in [9.17, 15) is 8.42 Å². The van der Waals surface area contributed by atoms with Crippen molar-refractivity contribution in [1.29, 1.82) is 5.26 Å². The molecule has 80 valence electrons. The molecule has 0 bridgehead atoms. The molecule has 1 aromatic rings. The van der Waals surface area contributed by atoms with Crippen LogP contribution in [-0.2, 0) is 14.4 Å². The fourth-order valence-corrected chi connectivity index (χ4v) is 3.58. The second-order valence-electron chi connectivity index (χ2n) is 2.62. The van der Waals surface area contributed by atoms with Crippen LogP contribution < -0.4 is 0 Å². The third kappa shape index (κ3) is 2.67. The van der Waals surface area contributed by atoms with E-state index in [4.69, 9.17) is 15.9 Å². The highest BCUT2D eigenvalue weighted by atomic mass is 79.9. The van der Waals surface area contributed by atoms with Crippen molar-refractivity contribution in [2.45, 2.75) is 15.1 Å². The number of alkyl halides is 1. The van der Waals surface area contributed by atoms with Crippen LogP contribution in [0.4, 0.5) is 0 Å². The Kier molecular flexibility index (Phi) is 4.06. The molecule has 0 N–H and O–H groups in total. The molecule has 15 heavy (non-hydrogen) atoms. The summed E-state index contributed by atoms with van der Waals surface area (Å²) in [6, 6.07) is 4.59. The summed E-state index contributed by atoms with van der Waals surface area (Å²) >= 11 is 7.23. The molecule has 0 unspecified atom stereocenters. The molecular weight excluding hydrogens is 322 g/mol. The molecule has 0 atom stereocenters. The molecule has 0 spiro atoms. The summed E-state index contributed by atoms with van der Waals surface area (Å²) in [6.07, 6.45) is 0. The van der Waals surface area contributed by atoms with Crippen LogP contribution in [0, 0.1) is 11.3 Å². The summed E-state index contributed by atoms with van der Waals surface area (Å²) in [5.74, 6) is 0. The number of hydrogen-bond acceptors (Lipinski definition) is 4. The van der Waals surface area contributed by atoms with Gasteiger partial charge < -0.3 is 0 Å². The van der Waals surface area contributed by atoms with E-state index in [1.807, 2.05) is 6.07 Å². The summed E-state index contributed by atoms with van der Waals surface area (Å²) in [4.78, 5) is 0.307. The lowest BCUT2D eigenvalue weighted by Gasteiger charge is -2.07. The van der Waals surface area contributed by atoms with E-state index in [-0.39, 0.29) is 10.2 Å². The number of thiol groups is 1. The van der Waals surface area contributed by atoms with Crippen LogP contribution in [0.1, 0.15) is 11.1 Å². The minimum absolute atomic E-state index is 0.0231. The SMILES string of the molecule is N#Cc1ccc(S(=O)(=O)Cl)c(CBr)c1S. The van der Waals surface area contributed by atoms with Gasteiger partial charge in [0.25, 0.3) is 9.05 Å². The minimum atomic E-state index is -3.81. The zero-order valence-corrected chi connectivity index (χ0v) is 11.3. The molecule has 0 heterocycles. The first kappa shape index (κ1) is 12.8. The molecule has 0 saturated carbocycles. The molecule has 0 aliphatic rings. The summed E-state index contributed by atoms with van der Waals surface area (Å²) in [7, 11) is 1.44. The number of hydrogen-bond donors (Lipinski definition) is 1. The normalized spacial score (nSPS) is 11.1.